The van der Waals surface area contributed by atoms with Crippen molar-refractivity contribution in [3.8, 4) is 44.5 Å². The highest BCUT2D eigenvalue weighted by molar-refractivity contribution is 6.39. The third-order valence-corrected chi connectivity index (χ3v) is 10.5. The molecule has 0 spiro atoms. The molecule has 0 aliphatic heterocycles. The fraction of sp³-hybridized carbons (Fsp3) is 0. The molecule has 11 rings (SSSR count). The molecule has 0 heterocycles. The zero-order valence-corrected chi connectivity index (χ0v) is 25.0. The van der Waals surface area contributed by atoms with Crippen molar-refractivity contribution in [3.63, 3.8) is 0 Å². The van der Waals surface area contributed by atoms with Crippen molar-refractivity contribution in [2.24, 2.45) is 0 Å². The van der Waals surface area contributed by atoms with E-state index in [0.717, 1.165) is 0 Å². The van der Waals surface area contributed by atoms with E-state index < -0.39 is 0 Å². The first-order valence-electron chi connectivity index (χ1n) is 16.1. The van der Waals surface area contributed by atoms with Crippen LogP contribution in [0.2, 0.25) is 0 Å². The normalized spacial score (nSPS) is 12.3. The van der Waals surface area contributed by atoms with Gasteiger partial charge in [0.05, 0.1) is 0 Å². The van der Waals surface area contributed by atoms with Gasteiger partial charge in [-0.05, 0) is 109 Å². The summed E-state index contributed by atoms with van der Waals surface area (Å²) in [6.45, 7) is 0. The van der Waals surface area contributed by atoms with Gasteiger partial charge in [-0.2, -0.15) is 0 Å². The molecular weight excluding hydrogens is 553 g/mol. The van der Waals surface area contributed by atoms with Gasteiger partial charge in [-0.25, -0.2) is 0 Å². The van der Waals surface area contributed by atoms with Gasteiger partial charge in [0.25, 0.3) is 0 Å². The Morgan fingerprint density at radius 3 is 1.43 bits per heavy atom. The molecule has 10 aromatic carbocycles. The Hall–Kier alpha value is -5.98. The minimum atomic E-state index is 1.26. The molecule has 0 saturated heterocycles. The lowest BCUT2D eigenvalue weighted by atomic mass is 9.81. The van der Waals surface area contributed by atoms with Gasteiger partial charge in [0, 0.05) is 0 Å². The molecule has 0 aromatic heterocycles. The van der Waals surface area contributed by atoms with Gasteiger partial charge in [-0.1, -0.05) is 158 Å². The molecule has 0 atom stereocenters. The third-order valence-electron chi connectivity index (χ3n) is 10.5. The first kappa shape index (κ1) is 24.4. The topological polar surface area (TPSA) is 0 Å². The Labute approximate surface area is 266 Å². The van der Waals surface area contributed by atoms with Gasteiger partial charge in [0.1, 0.15) is 0 Å². The Bertz CT molecular complexity index is 2840. The molecule has 1 aliphatic carbocycles. The summed E-state index contributed by atoms with van der Waals surface area (Å²) in [6.07, 6.45) is 0. The van der Waals surface area contributed by atoms with Crippen LogP contribution in [0.15, 0.2) is 158 Å². The van der Waals surface area contributed by atoms with Gasteiger partial charge in [-0.15, -0.1) is 0 Å². The lowest BCUT2D eigenvalue weighted by Gasteiger charge is -2.21. The maximum Gasteiger partial charge on any atom is -0.000718 e. The molecule has 0 bridgehead atoms. The zero-order chi connectivity index (χ0) is 29.9. The Balaban J connectivity index is 1.40. The second kappa shape index (κ2) is 8.81. The van der Waals surface area contributed by atoms with Crippen LogP contribution in [-0.4, -0.2) is 0 Å². The Kier molecular flexibility index (Phi) is 4.66. The lowest BCUT2D eigenvalue weighted by molar-refractivity contribution is 1.63. The first-order chi connectivity index (χ1) is 22.9. The molecule has 46 heavy (non-hydrogen) atoms. The predicted molar refractivity (Wildman–Crippen MR) is 198 cm³/mol. The van der Waals surface area contributed by atoms with Gasteiger partial charge < -0.3 is 0 Å². The number of rotatable bonds is 2. The fourth-order valence-electron chi connectivity index (χ4n) is 8.76. The first-order valence-corrected chi connectivity index (χ1v) is 16.1. The largest absolute Gasteiger partial charge is 0.0622 e. The van der Waals surface area contributed by atoms with E-state index in [9.17, 15) is 0 Å². The highest BCUT2D eigenvalue weighted by atomic mass is 14.3. The van der Waals surface area contributed by atoms with Crippen molar-refractivity contribution in [1.82, 2.24) is 0 Å². The van der Waals surface area contributed by atoms with Crippen molar-refractivity contribution in [2.75, 3.05) is 0 Å². The maximum absolute atomic E-state index is 2.42. The van der Waals surface area contributed by atoms with Crippen LogP contribution in [0.5, 0.6) is 0 Å². The zero-order valence-electron chi connectivity index (χ0n) is 25.0. The second-order valence-corrected chi connectivity index (χ2v) is 12.7. The standard InChI is InChI=1S/C46H26/c1-2-12-29(13-3-1)41-34-18-6-7-19-35(34)43(31-20-8-14-27-11-4-5-17-30(27)31)46-39-26-24-37-33-22-10-16-28-15-9-21-32(40(28)33)36-23-25-38(45(41)46)44(39)42(36)37/h1-26H. The van der Waals surface area contributed by atoms with Gasteiger partial charge in [0.2, 0.25) is 0 Å². The van der Waals surface area contributed by atoms with Crippen molar-refractivity contribution in [3.05, 3.63) is 158 Å². The monoisotopic (exact) mass is 578 g/mol. The second-order valence-electron chi connectivity index (χ2n) is 12.7. The summed E-state index contributed by atoms with van der Waals surface area (Å²) in [4.78, 5) is 0. The lowest BCUT2D eigenvalue weighted by Crippen LogP contribution is -1.94. The Morgan fingerprint density at radius 1 is 0.217 bits per heavy atom. The van der Waals surface area contributed by atoms with E-state index in [2.05, 4.69) is 158 Å². The molecule has 0 N–H and O–H groups in total. The van der Waals surface area contributed by atoms with Crippen molar-refractivity contribution in [2.45, 2.75) is 0 Å². The molecule has 10 aromatic rings. The molecule has 0 saturated carbocycles. The van der Waals surface area contributed by atoms with Crippen LogP contribution in [0.4, 0.5) is 0 Å². The Morgan fingerprint density at radius 2 is 0.717 bits per heavy atom. The maximum atomic E-state index is 2.42. The van der Waals surface area contributed by atoms with Crippen molar-refractivity contribution in [1.29, 1.82) is 0 Å². The van der Waals surface area contributed by atoms with Crippen molar-refractivity contribution >= 4 is 64.6 Å². The van der Waals surface area contributed by atoms with Crippen LogP contribution in [0.3, 0.4) is 0 Å². The van der Waals surface area contributed by atoms with E-state index in [-0.39, 0.29) is 0 Å². The molecule has 0 heteroatoms. The van der Waals surface area contributed by atoms with Crippen LogP contribution in [0.1, 0.15) is 0 Å². The van der Waals surface area contributed by atoms with Gasteiger partial charge in [-0.3, -0.25) is 0 Å². The minimum absolute atomic E-state index is 1.26. The average molecular weight is 579 g/mol. The summed E-state index contributed by atoms with van der Waals surface area (Å²) < 4.78 is 0. The smallest absolute Gasteiger partial charge is 0.000718 e. The summed E-state index contributed by atoms with van der Waals surface area (Å²) in [6, 6.07) is 58.8. The summed E-state index contributed by atoms with van der Waals surface area (Å²) in [5.74, 6) is 0. The number of fused-ring (bicyclic) bond motifs is 7. The summed E-state index contributed by atoms with van der Waals surface area (Å²) >= 11 is 0. The molecule has 0 fully saturated rings. The van der Waals surface area contributed by atoms with Crippen LogP contribution < -0.4 is 0 Å². The molecule has 0 nitrogen and oxygen atoms in total. The SMILES string of the molecule is c1ccc(-c2c3c(c(-c4cccc5ccccc45)c4ccccc24)-c2ccc4c5cccc6cccc(c7ccc-3c2c74)c65)cc1. The van der Waals surface area contributed by atoms with Crippen LogP contribution >= 0.6 is 0 Å². The number of hydrogen-bond acceptors (Lipinski definition) is 0. The van der Waals surface area contributed by atoms with E-state index in [1.807, 2.05) is 0 Å². The van der Waals surface area contributed by atoms with E-state index in [1.54, 1.807) is 0 Å². The molecule has 0 unspecified atom stereocenters. The predicted octanol–water partition coefficient (Wildman–Crippen LogP) is 13.0. The molecule has 0 amide bonds. The molecule has 1 aliphatic rings. The molecule has 210 valence electrons. The number of hydrogen-bond donors (Lipinski definition) is 0. The number of benzene rings is 10. The van der Waals surface area contributed by atoms with Crippen LogP contribution in [0.25, 0.3) is 109 Å². The average Bonchev–Trinajstić information content (AvgIpc) is 3.45. The third kappa shape index (κ3) is 2.99. The van der Waals surface area contributed by atoms with Gasteiger partial charge in [0.15, 0.2) is 0 Å². The minimum Gasteiger partial charge on any atom is -0.0622 e. The molecule has 0 radical (unpaired) electrons. The quantitative estimate of drug-likeness (QED) is 0.141. The summed E-state index contributed by atoms with van der Waals surface area (Å²) in [5.41, 5.74) is 10.6. The van der Waals surface area contributed by atoms with Crippen LogP contribution in [0, 0.1) is 0 Å². The highest BCUT2D eigenvalue weighted by Gasteiger charge is 2.32. The summed E-state index contributed by atoms with van der Waals surface area (Å²) in [7, 11) is 0. The van der Waals surface area contributed by atoms with E-state index >= 15 is 0 Å². The highest BCUT2D eigenvalue weighted by Crippen LogP contribution is 2.60. The van der Waals surface area contributed by atoms with E-state index in [4.69, 9.17) is 0 Å². The molecular formula is C46H26. The van der Waals surface area contributed by atoms with E-state index in [1.165, 1.54) is 109 Å². The van der Waals surface area contributed by atoms with E-state index in [0.29, 0.717) is 0 Å². The fourth-order valence-corrected chi connectivity index (χ4v) is 8.76. The van der Waals surface area contributed by atoms with Crippen molar-refractivity contribution < 1.29 is 0 Å². The van der Waals surface area contributed by atoms with Crippen LogP contribution in [-0.2, 0) is 0 Å². The van der Waals surface area contributed by atoms with Gasteiger partial charge >= 0.3 is 0 Å². The summed E-state index contributed by atoms with van der Waals surface area (Å²) in [5, 5.41) is 15.9.